The number of halogens is 1. The molecule has 2 aromatic carbocycles. The minimum Gasteiger partial charge on any atom is -0.423 e. The average Bonchev–Trinajstić information content (AvgIpc) is 2.69. The van der Waals surface area contributed by atoms with Gasteiger partial charge < -0.3 is 4.42 Å². The molecule has 0 aliphatic carbocycles. The molecule has 0 saturated carbocycles. The van der Waals surface area contributed by atoms with Crippen LogP contribution < -0.4 is 10.3 Å². The van der Waals surface area contributed by atoms with Crippen LogP contribution in [0, 0.1) is 12.7 Å². The summed E-state index contributed by atoms with van der Waals surface area (Å²) >= 11 is 0. The topological polar surface area (TPSA) is 79.6 Å². The predicted molar refractivity (Wildman–Crippen MR) is 112 cm³/mol. The van der Waals surface area contributed by atoms with Gasteiger partial charge in [-0.05, 0) is 61.2 Å². The Morgan fingerprint density at radius 2 is 1.80 bits per heavy atom. The Labute approximate surface area is 174 Å². The van der Waals surface area contributed by atoms with Gasteiger partial charge in [-0.3, -0.25) is 4.90 Å². The van der Waals surface area contributed by atoms with E-state index in [1.54, 1.807) is 0 Å². The molecule has 158 valence electrons. The highest BCUT2D eigenvalue weighted by atomic mass is 32.2. The molecule has 0 radical (unpaired) electrons. The van der Waals surface area contributed by atoms with Crippen molar-refractivity contribution in [3.63, 3.8) is 0 Å². The summed E-state index contributed by atoms with van der Waals surface area (Å²) in [5, 5.41) is 0.916. The number of benzene rings is 2. The van der Waals surface area contributed by atoms with Crippen molar-refractivity contribution in [2.75, 3.05) is 13.1 Å². The first-order valence-corrected chi connectivity index (χ1v) is 11.3. The van der Waals surface area contributed by atoms with E-state index in [9.17, 15) is 17.6 Å². The maximum atomic E-state index is 13.1. The number of rotatable bonds is 5. The van der Waals surface area contributed by atoms with Gasteiger partial charge in [0.05, 0.1) is 4.90 Å². The van der Waals surface area contributed by atoms with Crippen molar-refractivity contribution in [1.29, 1.82) is 0 Å². The zero-order chi connectivity index (χ0) is 21.3. The molecule has 3 aromatic rings. The maximum Gasteiger partial charge on any atom is 0.336 e. The number of nitrogens with one attached hydrogen (secondary N) is 1. The van der Waals surface area contributed by atoms with Gasteiger partial charge in [0, 0.05) is 37.1 Å². The van der Waals surface area contributed by atoms with Gasteiger partial charge in [-0.15, -0.1) is 0 Å². The van der Waals surface area contributed by atoms with Crippen LogP contribution in [0.4, 0.5) is 4.39 Å². The van der Waals surface area contributed by atoms with Crippen LogP contribution in [0.2, 0.25) is 0 Å². The summed E-state index contributed by atoms with van der Waals surface area (Å²) in [7, 11) is -3.68. The smallest absolute Gasteiger partial charge is 0.336 e. The highest BCUT2D eigenvalue weighted by Gasteiger charge is 2.25. The Morgan fingerprint density at radius 3 is 2.50 bits per heavy atom. The molecule has 1 saturated heterocycles. The largest absolute Gasteiger partial charge is 0.423 e. The summed E-state index contributed by atoms with van der Waals surface area (Å²) in [6, 6.07) is 12.0. The Kier molecular flexibility index (Phi) is 5.73. The Hall–Kier alpha value is -2.55. The van der Waals surface area contributed by atoms with E-state index in [0.717, 1.165) is 28.6 Å². The number of sulfonamides is 1. The molecule has 1 aromatic heterocycles. The van der Waals surface area contributed by atoms with Crippen LogP contribution in [-0.4, -0.2) is 32.4 Å². The fraction of sp³-hybridized carbons (Fsp3) is 0.318. The molecule has 1 aliphatic heterocycles. The molecule has 1 fully saturated rings. The molecule has 4 rings (SSSR count). The van der Waals surface area contributed by atoms with Gasteiger partial charge in [0.1, 0.15) is 11.4 Å². The second-order valence-electron chi connectivity index (χ2n) is 7.72. The molecule has 8 heteroatoms. The quantitative estimate of drug-likeness (QED) is 0.629. The number of nitrogens with zero attached hydrogens (tertiary/aromatic N) is 1. The van der Waals surface area contributed by atoms with Crippen LogP contribution in [0.5, 0.6) is 0 Å². The van der Waals surface area contributed by atoms with Gasteiger partial charge in [-0.1, -0.05) is 12.1 Å². The number of hydrogen-bond acceptors (Lipinski definition) is 5. The summed E-state index contributed by atoms with van der Waals surface area (Å²) in [5.74, 6) is -0.472. The SMILES string of the molecule is Cc1ccc2c(CN3CCC(NS(=O)(=O)c4ccc(F)cc4)CC3)cc(=O)oc2c1. The molecule has 0 unspecified atom stereocenters. The molecule has 0 atom stereocenters. The average molecular weight is 431 g/mol. The van der Waals surface area contributed by atoms with Crippen molar-refractivity contribution in [3.8, 4) is 0 Å². The minimum atomic E-state index is -3.68. The lowest BCUT2D eigenvalue weighted by atomic mass is 10.0. The van der Waals surface area contributed by atoms with Gasteiger partial charge >= 0.3 is 5.63 Å². The minimum absolute atomic E-state index is 0.0594. The van der Waals surface area contributed by atoms with Gasteiger partial charge in [0.25, 0.3) is 0 Å². The zero-order valence-electron chi connectivity index (χ0n) is 16.6. The summed E-state index contributed by atoms with van der Waals surface area (Å²) < 4.78 is 46.1. The van der Waals surface area contributed by atoms with E-state index in [-0.39, 0.29) is 16.6 Å². The summed E-state index contributed by atoms with van der Waals surface area (Å²) in [6.45, 7) is 3.95. The first-order chi connectivity index (χ1) is 14.3. The van der Waals surface area contributed by atoms with Gasteiger partial charge in [-0.2, -0.15) is 0 Å². The van der Waals surface area contributed by atoms with E-state index in [1.165, 1.54) is 18.2 Å². The number of hydrogen-bond donors (Lipinski definition) is 1. The van der Waals surface area contributed by atoms with E-state index >= 15 is 0 Å². The van der Waals surface area contributed by atoms with Crippen molar-refractivity contribution in [2.24, 2.45) is 0 Å². The molecular formula is C22H23FN2O4S. The maximum absolute atomic E-state index is 13.1. The fourth-order valence-electron chi connectivity index (χ4n) is 3.82. The highest BCUT2D eigenvalue weighted by Crippen LogP contribution is 2.22. The number of aryl methyl sites for hydroxylation is 1. The van der Waals surface area contributed by atoms with Crippen LogP contribution in [-0.2, 0) is 16.6 Å². The third-order valence-corrected chi connectivity index (χ3v) is 6.95. The van der Waals surface area contributed by atoms with E-state index < -0.39 is 15.8 Å². The lowest BCUT2D eigenvalue weighted by Crippen LogP contribution is -2.44. The number of fused-ring (bicyclic) bond motifs is 1. The molecule has 6 nitrogen and oxygen atoms in total. The molecular weight excluding hydrogens is 407 g/mol. The Bertz CT molecular complexity index is 1210. The van der Waals surface area contributed by atoms with Crippen LogP contribution in [0.15, 0.2) is 62.6 Å². The molecule has 0 spiro atoms. The van der Waals surface area contributed by atoms with Crippen LogP contribution in [0.1, 0.15) is 24.0 Å². The van der Waals surface area contributed by atoms with Crippen LogP contribution in [0.25, 0.3) is 11.0 Å². The predicted octanol–water partition coefficient (Wildman–Crippen LogP) is 3.18. The second-order valence-corrected chi connectivity index (χ2v) is 9.43. The van der Waals surface area contributed by atoms with Crippen molar-refractivity contribution >= 4 is 21.0 Å². The normalized spacial score (nSPS) is 16.2. The highest BCUT2D eigenvalue weighted by molar-refractivity contribution is 7.89. The van der Waals surface area contributed by atoms with Crippen LogP contribution in [0.3, 0.4) is 0 Å². The van der Waals surface area contributed by atoms with E-state index in [4.69, 9.17) is 4.42 Å². The lowest BCUT2D eigenvalue weighted by molar-refractivity contribution is 0.200. The first-order valence-electron chi connectivity index (χ1n) is 9.84. The van der Waals surface area contributed by atoms with Gasteiger partial charge in [0.2, 0.25) is 10.0 Å². The number of piperidine rings is 1. The summed E-state index contributed by atoms with van der Waals surface area (Å²) in [5.41, 5.74) is 2.15. The molecule has 1 aliphatic rings. The fourth-order valence-corrected chi connectivity index (χ4v) is 5.12. The number of likely N-dealkylation sites (tertiary alicyclic amines) is 1. The third kappa shape index (κ3) is 4.61. The van der Waals surface area contributed by atoms with Crippen molar-refractivity contribution in [1.82, 2.24) is 9.62 Å². The third-order valence-electron chi connectivity index (χ3n) is 5.41. The zero-order valence-corrected chi connectivity index (χ0v) is 17.4. The standard InChI is InChI=1S/C22H23FN2O4S/c1-15-2-7-20-16(13-22(26)29-21(20)12-15)14-25-10-8-18(9-11-25)24-30(27,28)19-5-3-17(23)4-6-19/h2-7,12-13,18,24H,8-11,14H2,1H3. The Balaban J connectivity index is 1.41. The molecule has 2 heterocycles. The van der Waals surface area contributed by atoms with Crippen LogP contribution >= 0.6 is 0 Å². The van der Waals surface area contributed by atoms with Gasteiger partial charge in [0.15, 0.2) is 0 Å². The molecule has 1 N–H and O–H groups in total. The Morgan fingerprint density at radius 1 is 1.10 bits per heavy atom. The van der Waals surface area contributed by atoms with Gasteiger partial charge in [-0.25, -0.2) is 22.3 Å². The molecule has 0 amide bonds. The molecule has 30 heavy (non-hydrogen) atoms. The van der Waals surface area contributed by atoms with Crippen molar-refractivity contribution in [3.05, 3.63) is 75.9 Å². The monoisotopic (exact) mass is 430 g/mol. The summed E-state index contributed by atoms with van der Waals surface area (Å²) in [4.78, 5) is 14.2. The lowest BCUT2D eigenvalue weighted by Gasteiger charge is -2.32. The second kappa shape index (κ2) is 8.29. The molecule has 0 bridgehead atoms. The van der Waals surface area contributed by atoms with Crippen molar-refractivity contribution in [2.45, 2.75) is 37.2 Å². The van der Waals surface area contributed by atoms with Crippen molar-refractivity contribution < 1.29 is 17.2 Å². The van der Waals surface area contributed by atoms with E-state index in [1.807, 2.05) is 25.1 Å². The van der Waals surface area contributed by atoms with E-state index in [2.05, 4.69) is 9.62 Å². The van der Waals surface area contributed by atoms with E-state index in [0.29, 0.717) is 38.1 Å². The first kappa shape index (κ1) is 20.7. The summed E-state index contributed by atoms with van der Waals surface area (Å²) in [6.07, 6.45) is 1.30.